The molecule has 0 spiro atoms. The van der Waals surface area contributed by atoms with Crippen molar-refractivity contribution in [2.24, 2.45) is 0 Å². The van der Waals surface area contributed by atoms with Gasteiger partial charge in [0.05, 0.1) is 6.16 Å². The molecule has 0 amide bonds. The smallest absolute Gasteiger partial charge is 0.329 e. The van der Waals surface area contributed by atoms with E-state index in [-0.39, 0.29) is 12.1 Å². The Kier molecular flexibility index (Phi) is 7.14. The molecule has 1 heterocycles. The molecule has 5 N–H and O–H groups in total. The van der Waals surface area contributed by atoms with E-state index in [0.29, 0.717) is 12.0 Å². The number of anilines is 2. The summed E-state index contributed by atoms with van der Waals surface area (Å²) < 4.78 is 11.1. The number of nitrogens with one attached hydrogen (secondary N) is 1. The van der Waals surface area contributed by atoms with Gasteiger partial charge < -0.3 is 20.8 Å². The summed E-state index contributed by atoms with van der Waals surface area (Å²) in [5, 5.41) is 3.36. The topological polar surface area (TPSA) is 121 Å². The quantitative estimate of drug-likeness (QED) is 0.390. The Hall–Kier alpha value is -1.95. The molecule has 0 aliphatic carbocycles. The number of rotatable bonds is 9. The second-order valence-electron chi connectivity index (χ2n) is 6.44. The first kappa shape index (κ1) is 20.4. The first-order valence-electron chi connectivity index (χ1n) is 8.77. The van der Waals surface area contributed by atoms with Crippen molar-refractivity contribution in [2.45, 2.75) is 45.7 Å². The maximum Gasteiger partial charge on any atom is 0.329 e. The second-order valence-corrected chi connectivity index (χ2v) is 8.09. The summed E-state index contributed by atoms with van der Waals surface area (Å²) in [6.07, 6.45) is 3.75. The van der Waals surface area contributed by atoms with Crippen LogP contribution in [0, 0.1) is 6.92 Å². The lowest BCUT2D eigenvalue weighted by atomic mass is 10.0. The molecule has 0 saturated carbocycles. The Labute approximate surface area is 154 Å². The third kappa shape index (κ3) is 6.41. The van der Waals surface area contributed by atoms with E-state index in [2.05, 4.69) is 22.2 Å². The molecule has 0 saturated heterocycles. The van der Waals surface area contributed by atoms with Gasteiger partial charge in [-0.2, -0.15) is 4.98 Å². The van der Waals surface area contributed by atoms with Gasteiger partial charge in [-0.15, -0.1) is 0 Å². The molecule has 1 aromatic carbocycles. The predicted molar refractivity (Wildman–Crippen MR) is 104 cm³/mol. The van der Waals surface area contributed by atoms with Gasteiger partial charge >= 0.3 is 7.60 Å². The summed E-state index contributed by atoms with van der Waals surface area (Å²) in [6.45, 7) is 4.90. The minimum Gasteiger partial charge on any atom is -0.370 e. The van der Waals surface area contributed by atoms with Crippen molar-refractivity contribution in [2.75, 3.05) is 17.6 Å². The van der Waals surface area contributed by atoms with Crippen LogP contribution < -0.4 is 11.1 Å². The number of unbranched alkanes of at least 4 members (excludes halogenated alkanes) is 2. The number of nitrogens with two attached hydrogens (primary N) is 1. The van der Waals surface area contributed by atoms with Crippen LogP contribution in [0.1, 0.15) is 48.6 Å². The second kappa shape index (κ2) is 9.12. The Bertz CT molecular complexity index is 775. The fourth-order valence-electron chi connectivity index (χ4n) is 2.76. The molecule has 2 aromatic rings. The van der Waals surface area contributed by atoms with Crippen molar-refractivity contribution < 1.29 is 14.4 Å². The largest absolute Gasteiger partial charge is 0.370 e. The van der Waals surface area contributed by atoms with Crippen LogP contribution in [0.5, 0.6) is 0 Å². The predicted octanol–water partition coefficient (Wildman–Crippen LogP) is 3.24. The molecule has 0 aliphatic rings. The lowest BCUT2D eigenvalue weighted by molar-refractivity contribution is 0.371. The van der Waals surface area contributed by atoms with E-state index < -0.39 is 7.60 Å². The standard InChI is InChI=1S/C18H27N4O3P/c1-3-4-5-10-20-17-16(13(2)21-18(19)22-17)11-14-6-8-15(9-7-14)12-26(23,24)25/h6-9H,3-5,10-12H2,1-2H3,(H2,23,24,25)(H3,19,20,21,22). The molecule has 142 valence electrons. The molecule has 1 aromatic heterocycles. The van der Waals surface area contributed by atoms with Crippen LogP contribution in [0.4, 0.5) is 11.8 Å². The van der Waals surface area contributed by atoms with Gasteiger partial charge in [0.2, 0.25) is 5.95 Å². The van der Waals surface area contributed by atoms with E-state index in [0.717, 1.165) is 48.4 Å². The fourth-order valence-corrected chi connectivity index (χ4v) is 3.45. The van der Waals surface area contributed by atoms with Crippen LogP contribution in [0.15, 0.2) is 24.3 Å². The summed E-state index contributed by atoms with van der Waals surface area (Å²) in [6, 6.07) is 7.25. The van der Waals surface area contributed by atoms with Crippen molar-refractivity contribution in [3.8, 4) is 0 Å². The van der Waals surface area contributed by atoms with E-state index in [4.69, 9.17) is 15.5 Å². The molecule has 7 nitrogen and oxygen atoms in total. The van der Waals surface area contributed by atoms with Crippen LogP contribution in [0.3, 0.4) is 0 Å². The molecular weight excluding hydrogens is 351 g/mol. The Morgan fingerprint density at radius 2 is 1.77 bits per heavy atom. The molecule has 26 heavy (non-hydrogen) atoms. The summed E-state index contributed by atoms with van der Waals surface area (Å²) in [7, 11) is -4.05. The van der Waals surface area contributed by atoms with Gasteiger partial charge in [0.15, 0.2) is 0 Å². The number of nitrogens with zero attached hydrogens (tertiary/aromatic N) is 2. The highest BCUT2D eigenvalue weighted by atomic mass is 31.2. The zero-order chi connectivity index (χ0) is 19.2. The monoisotopic (exact) mass is 378 g/mol. The minimum absolute atomic E-state index is 0.248. The van der Waals surface area contributed by atoms with Crippen LogP contribution in [0.25, 0.3) is 0 Å². The number of aryl methyl sites for hydroxylation is 1. The maximum atomic E-state index is 11.1. The fraction of sp³-hybridized carbons (Fsp3) is 0.444. The summed E-state index contributed by atoms with van der Waals surface area (Å²) in [4.78, 5) is 26.7. The number of hydrogen-bond acceptors (Lipinski definition) is 5. The Balaban J connectivity index is 2.15. The highest BCUT2D eigenvalue weighted by molar-refractivity contribution is 7.50. The van der Waals surface area contributed by atoms with E-state index >= 15 is 0 Å². The number of benzene rings is 1. The Morgan fingerprint density at radius 3 is 2.38 bits per heavy atom. The van der Waals surface area contributed by atoms with Gasteiger partial charge in [0, 0.05) is 24.2 Å². The molecular formula is C18H27N4O3P. The highest BCUT2D eigenvalue weighted by Gasteiger charge is 2.15. The zero-order valence-corrected chi connectivity index (χ0v) is 16.2. The van der Waals surface area contributed by atoms with Gasteiger partial charge in [-0.05, 0) is 24.5 Å². The van der Waals surface area contributed by atoms with Crippen molar-refractivity contribution >= 4 is 19.4 Å². The van der Waals surface area contributed by atoms with Crippen molar-refractivity contribution in [1.82, 2.24) is 9.97 Å². The average molecular weight is 378 g/mol. The lowest BCUT2D eigenvalue weighted by Crippen LogP contribution is -2.11. The average Bonchev–Trinajstić information content (AvgIpc) is 2.54. The van der Waals surface area contributed by atoms with Gasteiger partial charge in [-0.25, -0.2) is 4.98 Å². The molecule has 0 atom stereocenters. The first-order valence-corrected chi connectivity index (χ1v) is 10.6. The van der Waals surface area contributed by atoms with Gasteiger partial charge in [-0.1, -0.05) is 44.0 Å². The summed E-state index contributed by atoms with van der Waals surface area (Å²) >= 11 is 0. The van der Waals surface area contributed by atoms with E-state index in [9.17, 15) is 4.57 Å². The van der Waals surface area contributed by atoms with Crippen molar-refractivity contribution in [3.63, 3.8) is 0 Å². The third-order valence-corrected chi connectivity index (χ3v) is 4.87. The summed E-state index contributed by atoms with van der Waals surface area (Å²) in [5.41, 5.74) is 9.24. The molecule has 2 rings (SSSR count). The molecule has 8 heteroatoms. The van der Waals surface area contributed by atoms with Crippen molar-refractivity contribution in [1.29, 1.82) is 0 Å². The third-order valence-electron chi connectivity index (χ3n) is 4.10. The Morgan fingerprint density at radius 1 is 1.12 bits per heavy atom. The van der Waals surface area contributed by atoms with Crippen LogP contribution in [0.2, 0.25) is 0 Å². The zero-order valence-electron chi connectivity index (χ0n) is 15.3. The normalized spacial score (nSPS) is 11.5. The van der Waals surface area contributed by atoms with Crippen LogP contribution >= 0.6 is 7.60 Å². The van der Waals surface area contributed by atoms with Crippen LogP contribution in [-0.2, 0) is 17.1 Å². The number of hydrogen-bond donors (Lipinski definition) is 4. The maximum absolute atomic E-state index is 11.1. The van der Waals surface area contributed by atoms with Crippen LogP contribution in [-0.4, -0.2) is 26.3 Å². The van der Waals surface area contributed by atoms with E-state index in [1.54, 1.807) is 12.1 Å². The first-order chi connectivity index (χ1) is 12.3. The number of aromatic nitrogens is 2. The SMILES string of the molecule is CCCCCNc1nc(N)nc(C)c1Cc1ccc(CP(=O)(O)O)cc1. The summed E-state index contributed by atoms with van der Waals surface area (Å²) in [5.74, 6) is 1.01. The molecule has 0 radical (unpaired) electrons. The van der Waals surface area contributed by atoms with E-state index in [1.807, 2.05) is 19.1 Å². The highest BCUT2D eigenvalue weighted by Crippen LogP contribution is 2.39. The minimum atomic E-state index is -4.05. The van der Waals surface area contributed by atoms with Crippen molar-refractivity contribution in [3.05, 3.63) is 46.6 Å². The van der Waals surface area contributed by atoms with Gasteiger partial charge in [0.25, 0.3) is 0 Å². The molecule has 0 fully saturated rings. The lowest BCUT2D eigenvalue weighted by Gasteiger charge is -2.14. The van der Waals surface area contributed by atoms with E-state index in [1.165, 1.54) is 0 Å². The molecule has 0 aliphatic heterocycles. The van der Waals surface area contributed by atoms with Gasteiger partial charge in [-0.3, -0.25) is 4.57 Å². The number of nitrogen functional groups attached to an aromatic ring is 1. The van der Waals surface area contributed by atoms with Gasteiger partial charge in [0.1, 0.15) is 5.82 Å². The molecule has 0 bridgehead atoms. The molecule has 0 unspecified atom stereocenters.